The minimum atomic E-state index is 0.187. The highest BCUT2D eigenvalue weighted by molar-refractivity contribution is 6.01. The zero-order chi connectivity index (χ0) is 13.9. The van der Waals surface area contributed by atoms with Crippen molar-refractivity contribution in [1.29, 1.82) is 0 Å². The number of rotatable bonds is 4. The lowest BCUT2D eigenvalue weighted by Crippen LogP contribution is -2.00. The van der Waals surface area contributed by atoms with Gasteiger partial charge in [0.2, 0.25) is 0 Å². The molecule has 2 aromatic rings. The second-order valence-corrected chi connectivity index (χ2v) is 4.86. The van der Waals surface area contributed by atoms with Crippen LogP contribution < -0.4 is 9.47 Å². The van der Waals surface area contributed by atoms with Crippen molar-refractivity contribution >= 4 is 5.78 Å². The molecule has 3 nitrogen and oxygen atoms in total. The summed E-state index contributed by atoms with van der Waals surface area (Å²) in [6, 6.07) is 13.7. The smallest absolute Gasteiger partial charge is 0.163 e. The topological polar surface area (TPSA) is 35.5 Å². The summed E-state index contributed by atoms with van der Waals surface area (Å²) in [4.78, 5) is 11.8. The first kappa shape index (κ1) is 12.7. The molecule has 1 aliphatic rings. The van der Waals surface area contributed by atoms with Gasteiger partial charge in [0.1, 0.15) is 6.61 Å². The van der Waals surface area contributed by atoms with E-state index in [2.05, 4.69) is 0 Å². The maximum absolute atomic E-state index is 11.8. The molecule has 2 aromatic carbocycles. The summed E-state index contributed by atoms with van der Waals surface area (Å²) in [6.07, 6.45) is 1.38. The number of carbonyl (C=O) groups is 1. The number of hydrogen-bond donors (Lipinski definition) is 0. The average molecular weight is 268 g/mol. The van der Waals surface area contributed by atoms with E-state index in [-0.39, 0.29) is 5.78 Å². The van der Waals surface area contributed by atoms with E-state index in [1.165, 1.54) is 0 Å². The van der Waals surface area contributed by atoms with Crippen LogP contribution >= 0.6 is 0 Å². The Kier molecular flexibility index (Phi) is 3.42. The van der Waals surface area contributed by atoms with E-state index in [1.54, 1.807) is 7.11 Å². The molecule has 3 rings (SSSR count). The molecule has 3 heteroatoms. The Labute approximate surface area is 118 Å². The fourth-order valence-corrected chi connectivity index (χ4v) is 2.46. The van der Waals surface area contributed by atoms with Crippen LogP contribution in [0.5, 0.6) is 11.5 Å². The summed E-state index contributed by atoms with van der Waals surface area (Å²) < 4.78 is 11.2. The molecular weight excluding hydrogens is 252 g/mol. The number of ether oxygens (including phenoxy) is 2. The summed E-state index contributed by atoms with van der Waals surface area (Å²) in [7, 11) is 1.62. The van der Waals surface area contributed by atoms with Crippen LogP contribution in [0.1, 0.15) is 27.9 Å². The molecule has 0 radical (unpaired) electrons. The van der Waals surface area contributed by atoms with E-state index >= 15 is 0 Å². The molecule has 0 saturated carbocycles. The molecule has 0 N–H and O–H groups in total. The summed E-state index contributed by atoms with van der Waals surface area (Å²) in [5, 5.41) is 0. The van der Waals surface area contributed by atoms with Gasteiger partial charge in [0.25, 0.3) is 0 Å². The molecule has 0 spiro atoms. The van der Waals surface area contributed by atoms with Gasteiger partial charge in [0.05, 0.1) is 7.11 Å². The van der Waals surface area contributed by atoms with Gasteiger partial charge in [-0.15, -0.1) is 0 Å². The Morgan fingerprint density at radius 2 is 1.85 bits per heavy atom. The van der Waals surface area contributed by atoms with E-state index in [0.29, 0.717) is 24.5 Å². The number of benzene rings is 2. The summed E-state index contributed by atoms with van der Waals surface area (Å²) in [5.74, 6) is 1.51. The maximum atomic E-state index is 11.8. The molecule has 0 unspecified atom stereocenters. The molecule has 0 aliphatic heterocycles. The molecule has 0 bridgehead atoms. The Balaban J connectivity index is 1.85. The van der Waals surface area contributed by atoms with Crippen molar-refractivity contribution in [2.45, 2.75) is 19.4 Å². The van der Waals surface area contributed by atoms with Crippen LogP contribution in [-0.2, 0) is 13.0 Å². The Morgan fingerprint density at radius 1 is 1.05 bits per heavy atom. The number of aryl methyl sites for hydroxylation is 1. The molecule has 1 aliphatic carbocycles. The highest BCUT2D eigenvalue weighted by atomic mass is 16.5. The number of Topliss-reactive ketones (excluding diaryl/α,β-unsaturated/α-hetero) is 1. The molecule has 20 heavy (non-hydrogen) atoms. The van der Waals surface area contributed by atoms with Gasteiger partial charge in [-0.25, -0.2) is 0 Å². The van der Waals surface area contributed by atoms with Gasteiger partial charge >= 0.3 is 0 Å². The van der Waals surface area contributed by atoms with Gasteiger partial charge in [-0.2, -0.15) is 0 Å². The fraction of sp³-hybridized carbons (Fsp3) is 0.235. The van der Waals surface area contributed by atoms with E-state index in [4.69, 9.17) is 9.47 Å². The van der Waals surface area contributed by atoms with Crippen molar-refractivity contribution < 1.29 is 14.3 Å². The quantitative estimate of drug-likeness (QED) is 0.852. The SMILES string of the molecule is COc1cc2c(cc1OCc1ccccc1)C(=O)CC2. The standard InChI is InChI=1S/C17H16O3/c1-19-16-9-13-7-8-15(18)14(13)10-17(16)20-11-12-5-3-2-4-6-12/h2-6,9-10H,7-8,11H2,1H3. The third kappa shape index (κ3) is 2.39. The first-order chi connectivity index (χ1) is 9.78. The Morgan fingerprint density at radius 3 is 2.60 bits per heavy atom. The van der Waals surface area contributed by atoms with Crippen molar-refractivity contribution in [2.24, 2.45) is 0 Å². The lowest BCUT2D eigenvalue weighted by atomic mass is 10.1. The number of methoxy groups -OCH3 is 1. The molecule has 0 fully saturated rings. The van der Waals surface area contributed by atoms with Gasteiger partial charge in [-0.1, -0.05) is 30.3 Å². The van der Waals surface area contributed by atoms with Crippen LogP contribution in [0, 0.1) is 0 Å². The second-order valence-electron chi connectivity index (χ2n) is 4.86. The van der Waals surface area contributed by atoms with Crippen molar-refractivity contribution in [3.8, 4) is 11.5 Å². The van der Waals surface area contributed by atoms with Crippen molar-refractivity contribution in [1.82, 2.24) is 0 Å². The maximum Gasteiger partial charge on any atom is 0.163 e. The largest absolute Gasteiger partial charge is 0.493 e. The van der Waals surface area contributed by atoms with Crippen molar-refractivity contribution in [3.05, 3.63) is 59.2 Å². The fourth-order valence-electron chi connectivity index (χ4n) is 2.46. The van der Waals surface area contributed by atoms with Crippen LogP contribution in [0.3, 0.4) is 0 Å². The molecule has 0 heterocycles. The molecule has 102 valence electrons. The minimum absolute atomic E-state index is 0.187. The van der Waals surface area contributed by atoms with Crippen molar-refractivity contribution in [2.75, 3.05) is 7.11 Å². The molecule has 0 saturated heterocycles. The highest BCUT2D eigenvalue weighted by Crippen LogP contribution is 2.35. The van der Waals surface area contributed by atoms with E-state index in [9.17, 15) is 4.79 Å². The Bertz CT molecular complexity index is 632. The Hall–Kier alpha value is -2.29. The predicted octanol–water partition coefficient (Wildman–Crippen LogP) is 3.40. The zero-order valence-corrected chi connectivity index (χ0v) is 11.4. The van der Waals surface area contributed by atoms with Gasteiger partial charge in [0.15, 0.2) is 17.3 Å². The van der Waals surface area contributed by atoms with Crippen LogP contribution in [0.2, 0.25) is 0 Å². The van der Waals surface area contributed by atoms with Crippen LogP contribution in [0.25, 0.3) is 0 Å². The third-order valence-corrected chi connectivity index (χ3v) is 3.55. The number of carbonyl (C=O) groups excluding carboxylic acids is 1. The molecule has 0 aromatic heterocycles. The summed E-state index contributed by atoms with van der Waals surface area (Å²) in [5.41, 5.74) is 2.91. The predicted molar refractivity (Wildman–Crippen MR) is 76.4 cm³/mol. The number of fused-ring (bicyclic) bond motifs is 1. The monoisotopic (exact) mass is 268 g/mol. The number of hydrogen-bond acceptors (Lipinski definition) is 3. The third-order valence-electron chi connectivity index (χ3n) is 3.55. The zero-order valence-electron chi connectivity index (χ0n) is 11.4. The van der Waals surface area contributed by atoms with Crippen LogP contribution in [-0.4, -0.2) is 12.9 Å². The van der Waals surface area contributed by atoms with Gasteiger partial charge in [-0.05, 0) is 29.7 Å². The second kappa shape index (κ2) is 5.37. The van der Waals surface area contributed by atoms with Crippen molar-refractivity contribution in [3.63, 3.8) is 0 Å². The van der Waals surface area contributed by atoms with E-state index in [0.717, 1.165) is 23.1 Å². The van der Waals surface area contributed by atoms with E-state index < -0.39 is 0 Å². The van der Waals surface area contributed by atoms with E-state index in [1.807, 2.05) is 42.5 Å². The lowest BCUT2D eigenvalue weighted by molar-refractivity contribution is 0.0994. The molecular formula is C17H16O3. The summed E-state index contributed by atoms with van der Waals surface area (Å²) in [6.45, 7) is 0.462. The molecule has 0 atom stereocenters. The number of ketones is 1. The highest BCUT2D eigenvalue weighted by Gasteiger charge is 2.22. The lowest BCUT2D eigenvalue weighted by Gasteiger charge is -2.12. The first-order valence-corrected chi connectivity index (χ1v) is 6.69. The normalized spacial score (nSPS) is 13.2. The first-order valence-electron chi connectivity index (χ1n) is 6.69. The average Bonchev–Trinajstić information content (AvgIpc) is 2.86. The minimum Gasteiger partial charge on any atom is -0.493 e. The van der Waals surface area contributed by atoms with Gasteiger partial charge in [0, 0.05) is 12.0 Å². The molecule has 0 amide bonds. The van der Waals surface area contributed by atoms with Gasteiger partial charge < -0.3 is 9.47 Å². The van der Waals surface area contributed by atoms with Gasteiger partial charge in [-0.3, -0.25) is 4.79 Å². The van der Waals surface area contributed by atoms with Crippen LogP contribution in [0.4, 0.5) is 0 Å². The van der Waals surface area contributed by atoms with Crippen LogP contribution in [0.15, 0.2) is 42.5 Å². The summed E-state index contributed by atoms with van der Waals surface area (Å²) >= 11 is 0.